The molecule has 1 aromatic heterocycles. The van der Waals surface area contributed by atoms with Crippen molar-refractivity contribution in [3.63, 3.8) is 0 Å². The summed E-state index contributed by atoms with van der Waals surface area (Å²) in [6.07, 6.45) is 7.75. The Morgan fingerprint density at radius 2 is 2.03 bits per heavy atom. The molecule has 1 saturated carbocycles. The van der Waals surface area contributed by atoms with Crippen molar-refractivity contribution in [3.05, 3.63) is 42.0 Å². The van der Waals surface area contributed by atoms with Gasteiger partial charge in [-0.05, 0) is 68.6 Å². The highest BCUT2D eigenvalue weighted by molar-refractivity contribution is 5.91. The first-order valence-corrected chi connectivity index (χ1v) is 9.99. The third kappa shape index (κ3) is 5.12. The standard InChI is InChI=1S/C22H29N5O2/c1-23-16-5-4-6-17(14-16)27(3)21-11-10-19(25-26-21)18-9-7-15(13-20(18)28)8-12-22(29)24-2/h7-13,16-17,23,28H,4-6,14H2,1-3H3,(H,24,29)/b12-8+/t16-,17-/m1/s1. The molecule has 1 aliphatic carbocycles. The summed E-state index contributed by atoms with van der Waals surface area (Å²) < 4.78 is 0. The number of hydrogen-bond donors (Lipinski definition) is 3. The minimum Gasteiger partial charge on any atom is -0.507 e. The van der Waals surface area contributed by atoms with Gasteiger partial charge in [0.25, 0.3) is 0 Å². The van der Waals surface area contributed by atoms with E-state index in [1.165, 1.54) is 18.9 Å². The molecule has 2 aromatic rings. The lowest BCUT2D eigenvalue weighted by Gasteiger charge is -2.35. The summed E-state index contributed by atoms with van der Waals surface area (Å²) in [6.45, 7) is 0. The van der Waals surface area contributed by atoms with Gasteiger partial charge in [-0.3, -0.25) is 4.79 Å². The van der Waals surface area contributed by atoms with Gasteiger partial charge in [0, 0.05) is 37.8 Å². The van der Waals surface area contributed by atoms with Crippen LogP contribution in [0.25, 0.3) is 17.3 Å². The SMILES string of the molecule is CNC(=O)/C=C/c1ccc(-c2ccc(N(C)[C@@H]3CCC[C@@H](NC)C3)nn2)c(O)c1. The zero-order valence-corrected chi connectivity index (χ0v) is 17.2. The Balaban J connectivity index is 1.73. The number of rotatable bonds is 6. The van der Waals surface area contributed by atoms with Crippen molar-refractivity contribution in [3.8, 4) is 17.0 Å². The number of carbonyl (C=O) groups is 1. The summed E-state index contributed by atoms with van der Waals surface area (Å²) in [5.74, 6) is 0.738. The Hall–Kier alpha value is -2.93. The van der Waals surface area contributed by atoms with Crippen LogP contribution in [0.15, 0.2) is 36.4 Å². The molecule has 3 N–H and O–H groups in total. The lowest BCUT2D eigenvalue weighted by atomic mass is 9.90. The van der Waals surface area contributed by atoms with E-state index in [4.69, 9.17) is 0 Å². The number of benzene rings is 1. The molecular formula is C22H29N5O2. The number of phenols is 1. The van der Waals surface area contributed by atoms with Crippen LogP contribution in [0.5, 0.6) is 5.75 Å². The van der Waals surface area contributed by atoms with Crippen molar-refractivity contribution in [2.45, 2.75) is 37.8 Å². The number of amides is 1. The molecule has 1 amide bonds. The zero-order chi connectivity index (χ0) is 20.8. The van der Waals surface area contributed by atoms with E-state index < -0.39 is 0 Å². The van der Waals surface area contributed by atoms with E-state index in [1.54, 1.807) is 25.3 Å². The molecule has 0 saturated heterocycles. The summed E-state index contributed by atoms with van der Waals surface area (Å²) >= 11 is 0. The van der Waals surface area contributed by atoms with Gasteiger partial charge >= 0.3 is 0 Å². The summed E-state index contributed by atoms with van der Waals surface area (Å²) in [7, 11) is 5.66. The molecule has 154 valence electrons. The fourth-order valence-electron chi connectivity index (χ4n) is 3.75. The first-order valence-electron chi connectivity index (χ1n) is 9.99. The van der Waals surface area contributed by atoms with Crippen LogP contribution in [0.1, 0.15) is 31.2 Å². The Morgan fingerprint density at radius 1 is 1.21 bits per heavy atom. The van der Waals surface area contributed by atoms with Gasteiger partial charge in [0.05, 0.1) is 5.69 Å². The number of aromatic hydroxyl groups is 1. The molecule has 29 heavy (non-hydrogen) atoms. The lowest BCUT2D eigenvalue weighted by molar-refractivity contribution is -0.115. The third-order valence-corrected chi connectivity index (χ3v) is 5.59. The number of likely N-dealkylation sites (N-methyl/N-ethyl adjacent to an activating group) is 1. The predicted octanol–water partition coefficient (Wildman–Crippen LogP) is 2.58. The van der Waals surface area contributed by atoms with Crippen LogP contribution < -0.4 is 15.5 Å². The van der Waals surface area contributed by atoms with E-state index in [0.29, 0.717) is 23.3 Å². The number of nitrogens with zero attached hydrogens (tertiary/aromatic N) is 3. The third-order valence-electron chi connectivity index (χ3n) is 5.59. The lowest BCUT2D eigenvalue weighted by Crippen LogP contribution is -2.42. The van der Waals surface area contributed by atoms with E-state index in [9.17, 15) is 9.90 Å². The van der Waals surface area contributed by atoms with Crippen molar-refractivity contribution in [2.75, 3.05) is 26.0 Å². The van der Waals surface area contributed by atoms with Crippen LogP contribution in [0.3, 0.4) is 0 Å². The number of aromatic nitrogens is 2. The monoisotopic (exact) mass is 395 g/mol. The largest absolute Gasteiger partial charge is 0.507 e. The van der Waals surface area contributed by atoms with Gasteiger partial charge < -0.3 is 20.6 Å². The van der Waals surface area contributed by atoms with E-state index in [1.807, 2.05) is 25.2 Å². The van der Waals surface area contributed by atoms with Gasteiger partial charge in [-0.15, -0.1) is 10.2 Å². The summed E-state index contributed by atoms with van der Waals surface area (Å²) in [5, 5.41) is 25.0. The van der Waals surface area contributed by atoms with Crippen LogP contribution in [-0.2, 0) is 4.79 Å². The number of carbonyl (C=O) groups excluding carboxylic acids is 1. The van der Waals surface area contributed by atoms with Crippen LogP contribution in [0.4, 0.5) is 5.82 Å². The molecule has 2 atom stereocenters. The minimum atomic E-state index is -0.196. The highest BCUT2D eigenvalue weighted by Crippen LogP contribution is 2.30. The molecule has 7 nitrogen and oxygen atoms in total. The molecule has 0 spiro atoms. The van der Waals surface area contributed by atoms with Gasteiger partial charge in [-0.1, -0.05) is 6.07 Å². The normalized spacial score (nSPS) is 19.3. The highest BCUT2D eigenvalue weighted by Gasteiger charge is 2.25. The smallest absolute Gasteiger partial charge is 0.243 e. The van der Waals surface area contributed by atoms with Crippen LogP contribution in [0.2, 0.25) is 0 Å². The highest BCUT2D eigenvalue weighted by atomic mass is 16.3. The maximum atomic E-state index is 11.3. The number of hydrogen-bond acceptors (Lipinski definition) is 6. The summed E-state index contributed by atoms with van der Waals surface area (Å²) in [6, 6.07) is 10.0. The van der Waals surface area contributed by atoms with E-state index in [2.05, 4.69) is 32.8 Å². The minimum absolute atomic E-state index is 0.101. The van der Waals surface area contributed by atoms with Crippen molar-refractivity contribution in [1.82, 2.24) is 20.8 Å². The maximum Gasteiger partial charge on any atom is 0.243 e. The summed E-state index contributed by atoms with van der Waals surface area (Å²) in [4.78, 5) is 13.5. The van der Waals surface area contributed by atoms with Crippen molar-refractivity contribution >= 4 is 17.8 Å². The Kier molecular flexibility index (Phi) is 6.82. The molecular weight excluding hydrogens is 366 g/mol. The average molecular weight is 396 g/mol. The molecule has 1 heterocycles. The molecule has 1 aliphatic rings. The second kappa shape index (κ2) is 9.52. The zero-order valence-electron chi connectivity index (χ0n) is 17.2. The molecule has 1 aromatic carbocycles. The fourth-order valence-corrected chi connectivity index (χ4v) is 3.75. The summed E-state index contributed by atoms with van der Waals surface area (Å²) in [5.41, 5.74) is 1.95. The van der Waals surface area contributed by atoms with Gasteiger partial charge in [0.2, 0.25) is 5.91 Å². The Morgan fingerprint density at radius 3 is 2.69 bits per heavy atom. The van der Waals surface area contributed by atoms with Gasteiger partial charge in [-0.2, -0.15) is 0 Å². The Bertz CT molecular complexity index is 866. The molecule has 0 radical (unpaired) electrons. The van der Waals surface area contributed by atoms with Gasteiger partial charge in [0.15, 0.2) is 5.82 Å². The second-order valence-electron chi connectivity index (χ2n) is 7.42. The molecule has 1 fully saturated rings. The Labute approximate surface area is 171 Å². The molecule has 3 rings (SSSR count). The average Bonchev–Trinajstić information content (AvgIpc) is 2.77. The maximum absolute atomic E-state index is 11.3. The predicted molar refractivity (Wildman–Crippen MR) is 116 cm³/mol. The van der Waals surface area contributed by atoms with E-state index >= 15 is 0 Å². The number of phenolic OH excluding ortho intramolecular Hbond substituents is 1. The topological polar surface area (TPSA) is 90.4 Å². The van der Waals surface area contributed by atoms with Crippen LogP contribution >= 0.6 is 0 Å². The van der Waals surface area contributed by atoms with Crippen molar-refractivity contribution < 1.29 is 9.90 Å². The van der Waals surface area contributed by atoms with Crippen molar-refractivity contribution in [1.29, 1.82) is 0 Å². The number of anilines is 1. The molecule has 0 bridgehead atoms. The van der Waals surface area contributed by atoms with Crippen molar-refractivity contribution in [2.24, 2.45) is 0 Å². The van der Waals surface area contributed by atoms with Crippen LogP contribution in [0, 0.1) is 0 Å². The van der Waals surface area contributed by atoms with Gasteiger partial charge in [-0.25, -0.2) is 0 Å². The molecule has 7 heteroatoms. The molecule has 0 aliphatic heterocycles. The molecule has 0 unspecified atom stereocenters. The first-order chi connectivity index (χ1) is 14.0. The van der Waals surface area contributed by atoms with E-state index in [0.717, 1.165) is 24.2 Å². The van der Waals surface area contributed by atoms with Crippen LogP contribution in [-0.4, -0.2) is 54.4 Å². The van der Waals surface area contributed by atoms with Gasteiger partial charge in [0.1, 0.15) is 5.75 Å². The number of nitrogens with one attached hydrogen (secondary N) is 2. The fraction of sp³-hybridized carbons (Fsp3) is 0.409. The second-order valence-corrected chi connectivity index (χ2v) is 7.42. The van der Waals surface area contributed by atoms with E-state index in [-0.39, 0.29) is 11.7 Å². The quantitative estimate of drug-likeness (QED) is 0.652. The first kappa shape index (κ1) is 20.8.